The molecule has 2 unspecified atom stereocenters. The second-order valence-electron chi connectivity index (χ2n) is 5.36. The van der Waals surface area contributed by atoms with Crippen molar-refractivity contribution in [3.63, 3.8) is 0 Å². The molecule has 0 bridgehead atoms. The van der Waals surface area contributed by atoms with Crippen LogP contribution in [0.2, 0.25) is 0 Å². The first-order chi connectivity index (χ1) is 6.70. The molecule has 74 valence electrons. The highest BCUT2D eigenvalue weighted by atomic mass is 14.5. The summed E-state index contributed by atoms with van der Waals surface area (Å²) in [6.07, 6.45) is 12.4. The molecule has 1 fully saturated rings. The molecule has 14 heavy (non-hydrogen) atoms. The number of hydrogen-bond acceptors (Lipinski definition) is 0. The minimum absolute atomic E-state index is 0.494. The average Bonchev–Trinajstić information content (AvgIpc) is 2.69. The molecule has 1 saturated carbocycles. The Kier molecular flexibility index (Phi) is 1.60. The second-order valence-corrected chi connectivity index (χ2v) is 5.36. The Bertz CT molecular complexity index is 367. The largest absolute Gasteiger partial charge is 0.0798 e. The third-order valence-electron chi connectivity index (χ3n) is 4.64. The van der Waals surface area contributed by atoms with Crippen molar-refractivity contribution in [3.8, 4) is 0 Å². The van der Waals surface area contributed by atoms with E-state index in [1.807, 2.05) is 0 Å². The Balaban J connectivity index is 2.05. The van der Waals surface area contributed by atoms with Crippen LogP contribution in [0.15, 0.2) is 34.9 Å². The zero-order valence-electron chi connectivity index (χ0n) is 9.14. The van der Waals surface area contributed by atoms with Crippen LogP contribution in [0.1, 0.15) is 39.5 Å². The molecule has 0 aromatic rings. The zero-order valence-corrected chi connectivity index (χ0v) is 9.14. The van der Waals surface area contributed by atoms with Gasteiger partial charge in [-0.2, -0.15) is 0 Å². The van der Waals surface area contributed by atoms with Crippen molar-refractivity contribution in [2.75, 3.05) is 0 Å². The average molecular weight is 186 g/mol. The monoisotopic (exact) mass is 186 g/mol. The van der Waals surface area contributed by atoms with E-state index in [9.17, 15) is 0 Å². The molecule has 0 spiro atoms. The summed E-state index contributed by atoms with van der Waals surface area (Å²) in [5, 5.41) is 0. The van der Waals surface area contributed by atoms with E-state index in [4.69, 9.17) is 0 Å². The summed E-state index contributed by atoms with van der Waals surface area (Å²) in [4.78, 5) is 0. The van der Waals surface area contributed by atoms with E-state index in [0.29, 0.717) is 5.41 Å². The van der Waals surface area contributed by atoms with E-state index in [1.165, 1.54) is 25.7 Å². The summed E-state index contributed by atoms with van der Waals surface area (Å²) in [6, 6.07) is 0. The van der Waals surface area contributed by atoms with Gasteiger partial charge in [-0.3, -0.25) is 0 Å². The smallest absolute Gasteiger partial charge is 0.00470 e. The molecule has 0 radical (unpaired) electrons. The fourth-order valence-corrected chi connectivity index (χ4v) is 3.31. The van der Waals surface area contributed by atoms with Gasteiger partial charge in [-0.25, -0.2) is 0 Å². The van der Waals surface area contributed by atoms with Crippen molar-refractivity contribution in [2.45, 2.75) is 39.5 Å². The van der Waals surface area contributed by atoms with Crippen molar-refractivity contribution in [1.29, 1.82) is 0 Å². The molecule has 0 aliphatic heterocycles. The molecule has 0 nitrogen and oxygen atoms in total. The van der Waals surface area contributed by atoms with Gasteiger partial charge in [0.25, 0.3) is 0 Å². The Morgan fingerprint density at radius 2 is 2.21 bits per heavy atom. The highest BCUT2D eigenvalue weighted by Crippen LogP contribution is 2.54. The predicted molar refractivity (Wildman–Crippen MR) is 60.0 cm³/mol. The van der Waals surface area contributed by atoms with E-state index in [1.54, 1.807) is 16.7 Å². The lowest BCUT2D eigenvalue weighted by molar-refractivity contribution is 0.293. The van der Waals surface area contributed by atoms with Gasteiger partial charge in [0.2, 0.25) is 0 Å². The first-order valence-corrected chi connectivity index (χ1v) is 5.80. The molecule has 0 aromatic heterocycles. The van der Waals surface area contributed by atoms with E-state index >= 15 is 0 Å². The van der Waals surface area contributed by atoms with E-state index in [0.717, 1.165) is 5.92 Å². The van der Waals surface area contributed by atoms with Gasteiger partial charge >= 0.3 is 0 Å². The van der Waals surface area contributed by atoms with E-state index in [2.05, 4.69) is 32.1 Å². The molecule has 2 atom stereocenters. The molecule has 3 aliphatic carbocycles. The van der Waals surface area contributed by atoms with Crippen molar-refractivity contribution < 1.29 is 0 Å². The van der Waals surface area contributed by atoms with Crippen LogP contribution >= 0.6 is 0 Å². The van der Waals surface area contributed by atoms with Crippen molar-refractivity contribution in [3.05, 3.63) is 34.9 Å². The molecule has 0 saturated heterocycles. The van der Waals surface area contributed by atoms with Gasteiger partial charge in [0.15, 0.2) is 0 Å². The maximum atomic E-state index is 2.50. The van der Waals surface area contributed by atoms with Crippen LogP contribution in [0.25, 0.3) is 0 Å². The lowest BCUT2D eigenvalue weighted by Crippen LogP contribution is -2.24. The maximum Gasteiger partial charge on any atom is -0.00470 e. The molecule has 0 N–H and O–H groups in total. The van der Waals surface area contributed by atoms with Gasteiger partial charge in [-0.1, -0.05) is 37.6 Å². The van der Waals surface area contributed by atoms with Crippen LogP contribution in [0.5, 0.6) is 0 Å². The third-order valence-corrected chi connectivity index (χ3v) is 4.64. The Labute approximate surface area is 86.4 Å². The molecule has 3 aliphatic rings. The van der Waals surface area contributed by atoms with Crippen LogP contribution in [0.3, 0.4) is 0 Å². The lowest BCUT2D eigenvalue weighted by atomic mass is 9.70. The summed E-state index contributed by atoms with van der Waals surface area (Å²) in [7, 11) is 0. The normalized spacial score (nSPS) is 39.9. The zero-order chi connectivity index (χ0) is 9.76. The first-order valence-electron chi connectivity index (χ1n) is 5.80. The topological polar surface area (TPSA) is 0 Å². The number of hydrogen-bond donors (Lipinski definition) is 0. The summed E-state index contributed by atoms with van der Waals surface area (Å²) >= 11 is 0. The Morgan fingerprint density at radius 3 is 3.07 bits per heavy atom. The molecule has 0 heterocycles. The highest BCUT2D eigenvalue weighted by molar-refractivity contribution is 5.48. The van der Waals surface area contributed by atoms with E-state index < -0.39 is 0 Å². The van der Waals surface area contributed by atoms with Crippen LogP contribution in [-0.4, -0.2) is 0 Å². The minimum Gasteiger partial charge on any atom is -0.0798 e. The van der Waals surface area contributed by atoms with Gasteiger partial charge in [0, 0.05) is 0 Å². The first kappa shape index (κ1) is 8.52. The fraction of sp³-hybridized carbons (Fsp3) is 0.571. The van der Waals surface area contributed by atoms with Gasteiger partial charge < -0.3 is 0 Å². The molecular weight excluding hydrogens is 168 g/mol. The minimum atomic E-state index is 0.494. The molecule has 0 amide bonds. The third kappa shape index (κ3) is 0.945. The summed E-state index contributed by atoms with van der Waals surface area (Å²) in [5.74, 6) is 0.872. The van der Waals surface area contributed by atoms with Gasteiger partial charge in [0.05, 0.1) is 0 Å². The van der Waals surface area contributed by atoms with Gasteiger partial charge in [-0.05, 0) is 48.2 Å². The van der Waals surface area contributed by atoms with Gasteiger partial charge in [0.1, 0.15) is 0 Å². The number of fused-ring (bicyclic) bond motifs is 1. The van der Waals surface area contributed by atoms with Crippen LogP contribution in [-0.2, 0) is 0 Å². The van der Waals surface area contributed by atoms with Gasteiger partial charge in [-0.15, -0.1) is 0 Å². The predicted octanol–water partition coefficient (Wildman–Crippen LogP) is 4.01. The van der Waals surface area contributed by atoms with Crippen LogP contribution in [0, 0.1) is 11.3 Å². The molecular formula is C14H18. The SMILES string of the molecule is CC1CCC2=CC3=C(C=CC3)CC21C. The van der Waals surface area contributed by atoms with Crippen molar-refractivity contribution in [1.82, 2.24) is 0 Å². The van der Waals surface area contributed by atoms with Crippen LogP contribution in [0.4, 0.5) is 0 Å². The summed E-state index contributed by atoms with van der Waals surface area (Å²) in [6.45, 7) is 4.89. The quantitative estimate of drug-likeness (QED) is 0.536. The number of allylic oxidation sites excluding steroid dienone is 6. The maximum absolute atomic E-state index is 2.50. The fourth-order valence-electron chi connectivity index (χ4n) is 3.31. The van der Waals surface area contributed by atoms with Crippen molar-refractivity contribution >= 4 is 0 Å². The summed E-state index contributed by atoms with van der Waals surface area (Å²) < 4.78 is 0. The Hall–Kier alpha value is -0.780. The number of rotatable bonds is 0. The van der Waals surface area contributed by atoms with E-state index in [-0.39, 0.29) is 0 Å². The molecule has 0 heteroatoms. The van der Waals surface area contributed by atoms with Crippen LogP contribution < -0.4 is 0 Å². The molecule has 0 aromatic carbocycles. The summed E-state index contributed by atoms with van der Waals surface area (Å²) in [5.41, 5.74) is 5.44. The van der Waals surface area contributed by atoms with Crippen molar-refractivity contribution in [2.24, 2.45) is 11.3 Å². The second kappa shape index (κ2) is 2.62. The standard InChI is InChI=1S/C14H18/c1-10-6-7-13-8-11-4-3-5-12(11)9-14(10,13)2/h3,5,8,10H,4,6-7,9H2,1-2H3. The highest BCUT2D eigenvalue weighted by Gasteiger charge is 2.42. The Morgan fingerprint density at radius 1 is 1.36 bits per heavy atom. The molecule has 3 rings (SSSR count). The lowest BCUT2D eigenvalue weighted by Gasteiger charge is -2.35.